The van der Waals surface area contributed by atoms with Gasteiger partial charge in [0.1, 0.15) is 6.54 Å². The topological polar surface area (TPSA) is 68.1 Å². The highest BCUT2D eigenvalue weighted by Crippen LogP contribution is 2.35. The van der Waals surface area contributed by atoms with Crippen molar-refractivity contribution in [3.8, 4) is 0 Å². The number of rotatable bonds is 2. The molecular formula is C21H22N4O2S. The van der Waals surface area contributed by atoms with Gasteiger partial charge in [-0.25, -0.2) is 4.68 Å². The van der Waals surface area contributed by atoms with Gasteiger partial charge in [-0.3, -0.25) is 9.59 Å². The van der Waals surface area contributed by atoms with Crippen LogP contribution in [0.2, 0.25) is 0 Å². The molecule has 0 saturated heterocycles. The standard InChI is InChI=1S/C21H22N4O2S/c1-13-8-9-15-17(11-13)28-20-19(15)21(27)25(23-22-20)12-18(26)24-10-4-6-14-5-2-3-7-16(14)24/h2-3,5,7,13H,4,6,8-12H2,1H3/t13-/m1/s1. The van der Waals surface area contributed by atoms with Gasteiger partial charge in [-0.2, -0.15) is 0 Å². The molecule has 5 rings (SSSR count). The Labute approximate surface area is 166 Å². The number of thiophene rings is 1. The van der Waals surface area contributed by atoms with Crippen LogP contribution in [0.5, 0.6) is 0 Å². The molecule has 1 aromatic carbocycles. The number of carbonyl (C=O) groups is 1. The monoisotopic (exact) mass is 394 g/mol. The van der Waals surface area contributed by atoms with Crippen LogP contribution in [0.3, 0.4) is 0 Å². The maximum Gasteiger partial charge on any atom is 0.279 e. The number of hydrogen-bond acceptors (Lipinski definition) is 5. The second-order valence-electron chi connectivity index (χ2n) is 7.86. The predicted molar refractivity (Wildman–Crippen MR) is 110 cm³/mol. The molecule has 1 aliphatic heterocycles. The second kappa shape index (κ2) is 6.81. The van der Waals surface area contributed by atoms with Gasteiger partial charge < -0.3 is 4.90 Å². The van der Waals surface area contributed by atoms with Crippen LogP contribution >= 0.6 is 11.3 Å². The fourth-order valence-electron chi connectivity index (χ4n) is 4.40. The molecule has 0 fully saturated rings. The minimum atomic E-state index is -0.185. The van der Waals surface area contributed by atoms with E-state index in [9.17, 15) is 9.59 Å². The number of para-hydroxylation sites is 1. The van der Waals surface area contributed by atoms with Crippen molar-refractivity contribution in [2.75, 3.05) is 11.4 Å². The maximum atomic E-state index is 13.1. The highest BCUT2D eigenvalue weighted by molar-refractivity contribution is 7.18. The van der Waals surface area contributed by atoms with Crippen molar-refractivity contribution in [2.24, 2.45) is 5.92 Å². The Balaban J connectivity index is 1.49. The van der Waals surface area contributed by atoms with Crippen molar-refractivity contribution in [1.82, 2.24) is 15.0 Å². The average molecular weight is 395 g/mol. The molecule has 2 aliphatic rings. The van der Waals surface area contributed by atoms with E-state index in [0.717, 1.165) is 43.4 Å². The SMILES string of the molecule is C[C@@H]1CCc2c(sc3nnn(CC(=O)N4CCCc5ccccc54)c(=O)c23)C1. The number of nitrogens with zero attached hydrogens (tertiary/aromatic N) is 4. The van der Waals surface area contributed by atoms with E-state index >= 15 is 0 Å². The first kappa shape index (κ1) is 17.6. The summed E-state index contributed by atoms with van der Waals surface area (Å²) in [6, 6.07) is 7.98. The molecule has 144 valence electrons. The zero-order chi connectivity index (χ0) is 19.3. The maximum absolute atomic E-state index is 13.1. The Morgan fingerprint density at radius 3 is 3.04 bits per heavy atom. The van der Waals surface area contributed by atoms with E-state index in [1.165, 1.54) is 15.1 Å². The van der Waals surface area contributed by atoms with Crippen molar-refractivity contribution in [3.05, 3.63) is 50.6 Å². The summed E-state index contributed by atoms with van der Waals surface area (Å²) in [5.74, 6) is 0.525. The molecule has 0 radical (unpaired) electrons. The molecule has 3 heterocycles. The van der Waals surface area contributed by atoms with Gasteiger partial charge in [0, 0.05) is 17.1 Å². The fourth-order valence-corrected chi connectivity index (χ4v) is 5.72. The van der Waals surface area contributed by atoms with Gasteiger partial charge in [-0.05, 0) is 55.2 Å². The Kier molecular flexibility index (Phi) is 4.27. The molecule has 0 unspecified atom stereocenters. The van der Waals surface area contributed by atoms with Crippen molar-refractivity contribution in [3.63, 3.8) is 0 Å². The number of amides is 1. The molecule has 1 atom stereocenters. The highest BCUT2D eigenvalue weighted by atomic mass is 32.1. The van der Waals surface area contributed by atoms with Crippen LogP contribution in [-0.4, -0.2) is 27.4 Å². The number of aryl methyl sites for hydroxylation is 2. The lowest BCUT2D eigenvalue weighted by Crippen LogP contribution is -2.40. The molecule has 3 aromatic rings. The van der Waals surface area contributed by atoms with E-state index in [4.69, 9.17) is 0 Å². The van der Waals surface area contributed by atoms with E-state index < -0.39 is 0 Å². The summed E-state index contributed by atoms with van der Waals surface area (Å²) in [6.45, 7) is 2.84. The zero-order valence-electron chi connectivity index (χ0n) is 15.9. The van der Waals surface area contributed by atoms with Crippen molar-refractivity contribution in [2.45, 2.75) is 45.6 Å². The number of fused-ring (bicyclic) bond motifs is 4. The first-order valence-corrected chi connectivity index (χ1v) is 10.7. The summed E-state index contributed by atoms with van der Waals surface area (Å²) in [4.78, 5) is 29.8. The molecule has 1 amide bonds. The lowest BCUT2D eigenvalue weighted by molar-refractivity contribution is -0.119. The Morgan fingerprint density at radius 1 is 1.29 bits per heavy atom. The molecule has 0 N–H and O–H groups in total. The van der Waals surface area contributed by atoms with Gasteiger partial charge in [0.2, 0.25) is 5.91 Å². The van der Waals surface area contributed by atoms with Crippen LogP contribution < -0.4 is 10.5 Å². The van der Waals surface area contributed by atoms with E-state index in [1.807, 2.05) is 18.2 Å². The van der Waals surface area contributed by atoms with Crippen molar-refractivity contribution in [1.29, 1.82) is 0 Å². The molecule has 28 heavy (non-hydrogen) atoms. The molecule has 1 aliphatic carbocycles. The molecule has 7 heteroatoms. The normalized spacial score (nSPS) is 18.8. The van der Waals surface area contributed by atoms with Crippen LogP contribution in [0.15, 0.2) is 29.1 Å². The van der Waals surface area contributed by atoms with E-state index in [0.29, 0.717) is 22.7 Å². The van der Waals surface area contributed by atoms with Crippen LogP contribution in [0, 0.1) is 5.92 Å². The van der Waals surface area contributed by atoms with Crippen LogP contribution in [0.4, 0.5) is 5.69 Å². The lowest BCUT2D eigenvalue weighted by atomic mass is 9.89. The van der Waals surface area contributed by atoms with E-state index in [1.54, 1.807) is 16.2 Å². The molecular weight excluding hydrogens is 372 g/mol. The van der Waals surface area contributed by atoms with Gasteiger partial charge in [0.05, 0.1) is 5.39 Å². The third kappa shape index (κ3) is 2.85. The largest absolute Gasteiger partial charge is 0.311 e. The van der Waals surface area contributed by atoms with E-state index in [-0.39, 0.29) is 18.0 Å². The minimum absolute atomic E-state index is 0.0723. The summed E-state index contributed by atoms with van der Waals surface area (Å²) < 4.78 is 1.24. The zero-order valence-corrected chi connectivity index (χ0v) is 16.7. The number of aromatic nitrogens is 3. The summed E-state index contributed by atoms with van der Waals surface area (Å²) in [5.41, 5.74) is 3.07. The first-order chi connectivity index (χ1) is 13.6. The Morgan fingerprint density at radius 2 is 2.14 bits per heavy atom. The minimum Gasteiger partial charge on any atom is -0.311 e. The van der Waals surface area contributed by atoms with Gasteiger partial charge in [-0.1, -0.05) is 30.3 Å². The van der Waals surface area contributed by atoms with Gasteiger partial charge in [0.25, 0.3) is 5.56 Å². The van der Waals surface area contributed by atoms with Crippen molar-refractivity contribution < 1.29 is 4.79 Å². The Hall–Kier alpha value is -2.54. The van der Waals surface area contributed by atoms with Crippen LogP contribution in [-0.2, 0) is 30.6 Å². The number of hydrogen-bond donors (Lipinski definition) is 0. The molecule has 2 aromatic heterocycles. The van der Waals surface area contributed by atoms with Gasteiger partial charge in [0.15, 0.2) is 4.83 Å². The fraction of sp³-hybridized carbons (Fsp3) is 0.429. The number of anilines is 1. The molecule has 6 nitrogen and oxygen atoms in total. The summed E-state index contributed by atoms with van der Waals surface area (Å²) in [7, 11) is 0. The first-order valence-electron chi connectivity index (χ1n) is 9.88. The summed E-state index contributed by atoms with van der Waals surface area (Å²) in [5, 5.41) is 9.03. The summed E-state index contributed by atoms with van der Waals surface area (Å²) >= 11 is 1.58. The molecule has 0 bridgehead atoms. The third-order valence-corrected chi connectivity index (χ3v) is 7.02. The third-order valence-electron chi connectivity index (χ3n) is 5.88. The smallest absolute Gasteiger partial charge is 0.279 e. The van der Waals surface area contributed by atoms with Gasteiger partial charge >= 0.3 is 0 Å². The highest BCUT2D eigenvalue weighted by Gasteiger charge is 2.26. The molecule has 0 saturated carbocycles. The number of carbonyl (C=O) groups excluding carboxylic acids is 1. The van der Waals surface area contributed by atoms with Crippen molar-refractivity contribution >= 4 is 33.1 Å². The number of benzene rings is 1. The predicted octanol–water partition coefficient (Wildman–Crippen LogP) is 2.96. The van der Waals surface area contributed by atoms with Gasteiger partial charge in [-0.15, -0.1) is 16.4 Å². The summed E-state index contributed by atoms with van der Waals surface area (Å²) in [6.07, 6.45) is 4.90. The van der Waals surface area contributed by atoms with Crippen LogP contribution in [0.25, 0.3) is 10.2 Å². The average Bonchev–Trinajstić information content (AvgIpc) is 3.07. The Bertz CT molecular complexity index is 1130. The second-order valence-corrected chi connectivity index (χ2v) is 8.95. The van der Waals surface area contributed by atoms with E-state index in [2.05, 4.69) is 23.3 Å². The lowest BCUT2D eigenvalue weighted by Gasteiger charge is -2.29. The van der Waals surface area contributed by atoms with Crippen LogP contribution in [0.1, 0.15) is 35.8 Å². The molecule has 0 spiro atoms. The quantitative estimate of drug-likeness (QED) is 0.670.